The van der Waals surface area contributed by atoms with Crippen LogP contribution in [0.5, 0.6) is 11.5 Å². The Morgan fingerprint density at radius 3 is 2.29 bits per heavy atom. The zero-order chi connectivity index (χ0) is 28.9. The molecule has 1 heterocycles. The number of carboxylic acid groups (broad SMARTS) is 2. The monoisotopic (exact) mass is 569 g/mol. The molecule has 1 saturated carbocycles. The smallest absolute Gasteiger partial charge is 0.414 e. The number of benzene rings is 2. The van der Waals surface area contributed by atoms with E-state index in [4.69, 9.17) is 29.3 Å². The lowest BCUT2D eigenvalue weighted by Crippen LogP contribution is -2.31. The molecule has 0 amide bonds. The summed E-state index contributed by atoms with van der Waals surface area (Å²) in [5.74, 6) is -1.54. The van der Waals surface area contributed by atoms with Gasteiger partial charge in [0.15, 0.2) is 17.3 Å². The Labute approximate surface area is 242 Å². The molecular formula is C32H43NO8. The molecule has 0 radical (unpaired) electrons. The van der Waals surface area contributed by atoms with Crippen molar-refractivity contribution in [3.8, 4) is 11.5 Å². The van der Waals surface area contributed by atoms with E-state index in [-0.39, 0.29) is 11.3 Å². The highest BCUT2D eigenvalue weighted by Gasteiger charge is 2.19. The third-order valence-corrected chi connectivity index (χ3v) is 7.53. The van der Waals surface area contributed by atoms with Crippen LogP contribution in [0.2, 0.25) is 0 Å². The van der Waals surface area contributed by atoms with Crippen molar-refractivity contribution in [2.24, 2.45) is 0 Å². The summed E-state index contributed by atoms with van der Waals surface area (Å²) in [4.78, 5) is 32.3. The van der Waals surface area contributed by atoms with Gasteiger partial charge in [0, 0.05) is 25.2 Å². The summed E-state index contributed by atoms with van der Waals surface area (Å²) in [6.07, 6.45) is 12.6. The van der Waals surface area contributed by atoms with E-state index < -0.39 is 11.9 Å². The summed E-state index contributed by atoms with van der Waals surface area (Å²) < 4.78 is 11.3. The van der Waals surface area contributed by atoms with Gasteiger partial charge < -0.3 is 25.2 Å². The van der Waals surface area contributed by atoms with E-state index in [0.29, 0.717) is 23.7 Å². The molecule has 9 nitrogen and oxygen atoms in total. The van der Waals surface area contributed by atoms with Crippen LogP contribution < -0.4 is 9.47 Å². The fraction of sp³-hybridized carbons (Fsp3) is 0.469. The third kappa shape index (κ3) is 10.7. The minimum Gasteiger partial charge on any atom is -0.493 e. The summed E-state index contributed by atoms with van der Waals surface area (Å²) >= 11 is 0. The van der Waals surface area contributed by atoms with Crippen LogP contribution in [-0.2, 0) is 16.0 Å². The minimum atomic E-state index is -1.82. The van der Waals surface area contributed by atoms with Gasteiger partial charge in [-0.15, -0.1) is 0 Å². The molecule has 0 aromatic heterocycles. The molecule has 1 fully saturated rings. The number of carbonyl (C=O) groups is 3. The van der Waals surface area contributed by atoms with Crippen molar-refractivity contribution in [2.45, 2.75) is 64.2 Å². The van der Waals surface area contributed by atoms with Crippen LogP contribution in [0, 0.1) is 0 Å². The van der Waals surface area contributed by atoms with Crippen molar-refractivity contribution in [3.63, 3.8) is 0 Å². The summed E-state index contributed by atoms with van der Waals surface area (Å²) in [5, 5.41) is 14.8. The van der Waals surface area contributed by atoms with Gasteiger partial charge in [-0.25, -0.2) is 9.59 Å². The number of hydrogen-bond donors (Lipinski definition) is 2. The maximum atomic E-state index is 11.6. The second-order valence-corrected chi connectivity index (χ2v) is 10.4. The van der Waals surface area contributed by atoms with Crippen LogP contribution in [0.3, 0.4) is 0 Å². The highest BCUT2D eigenvalue weighted by molar-refractivity contribution is 6.27. The van der Waals surface area contributed by atoms with Crippen molar-refractivity contribution in [1.82, 2.24) is 4.90 Å². The minimum absolute atomic E-state index is 0. The Hall–Kier alpha value is -3.69. The molecule has 1 aliphatic carbocycles. The van der Waals surface area contributed by atoms with Gasteiger partial charge in [-0.2, -0.15) is 0 Å². The maximum Gasteiger partial charge on any atom is 0.414 e. The van der Waals surface area contributed by atoms with E-state index in [9.17, 15) is 4.79 Å². The molecule has 4 N–H and O–H groups in total. The largest absolute Gasteiger partial charge is 0.493 e. The van der Waals surface area contributed by atoms with Gasteiger partial charge in [-0.05, 0) is 74.3 Å². The summed E-state index contributed by atoms with van der Waals surface area (Å²) in [5.41, 5.74) is 5.38. The quantitative estimate of drug-likeness (QED) is 0.178. The van der Waals surface area contributed by atoms with Gasteiger partial charge in [0.05, 0.1) is 13.7 Å². The average Bonchev–Trinajstić information content (AvgIpc) is 2.97. The number of rotatable bonds is 10. The molecule has 0 unspecified atom stereocenters. The molecule has 0 spiro atoms. The fourth-order valence-electron chi connectivity index (χ4n) is 5.34. The lowest BCUT2D eigenvalue weighted by molar-refractivity contribution is -0.159. The first-order chi connectivity index (χ1) is 19.3. The molecule has 0 bridgehead atoms. The van der Waals surface area contributed by atoms with Crippen LogP contribution >= 0.6 is 0 Å². The van der Waals surface area contributed by atoms with E-state index in [1.165, 1.54) is 32.1 Å². The SMILES string of the molecule is COc1cc(C(C)=O)ccc1OCCCN1CC=C(Cc2ccccc2C2CCCCC2)CC1.O.O=C(O)C(=O)O. The Balaban J connectivity index is 0.000000760. The molecular weight excluding hydrogens is 526 g/mol. The highest BCUT2D eigenvalue weighted by Crippen LogP contribution is 2.35. The number of carbonyl (C=O) groups excluding carboxylic acids is 1. The second kappa shape index (κ2) is 17.2. The number of hydrogen-bond acceptors (Lipinski definition) is 6. The van der Waals surface area contributed by atoms with Crippen LogP contribution in [0.25, 0.3) is 0 Å². The first-order valence-electron chi connectivity index (χ1n) is 14.0. The first kappa shape index (κ1) is 33.5. The number of ketones is 1. The molecule has 2 aliphatic rings. The summed E-state index contributed by atoms with van der Waals surface area (Å²) in [6.45, 7) is 5.36. The van der Waals surface area contributed by atoms with Crippen LogP contribution in [0.1, 0.15) is 79.3 Å². The molecule has 1 aliphatic heterocycles. The molecule has 0 saturated heterocycles. The average molecular weight is 570 g/mol. The van der Waals surface area contributed by atoms with E-state index in [1.54, 1.807) is 42.9 Å². The zero-order valence-corrected chi connectivity index (χ0v) is 24.1. The van der Waals surface area contributed by atoms with Crippen molar-refractivity contribution in [2.75, 3.05) is 33.4 Å². The Bertz CT molecular complexity index is 1170. The molecule has 0 atom stereocenters. The molecule has 41 heavy (non-hydrogen) atoms. The predicted octanol–water partition coefficient (Wildman–Crippen LogP) is 4.92. The number of aliphatic carboxylic acids is 2. The lowest BCUT2D eigenvalue weighted by atomic mass is 9.81. The van der Waals surface area contributed by atoms with Crippen molar-refractivity contribution >= 4 is 17.7 Å². The van der Waals surface area contributed by atoms with E-state index in [1.807, 2.05) is 6.07 Å². The number of methoxy groups -OCH3 is 1. The van der Waals surface area contributed by atoms with Gasteiger partial charge in [-0.1, -0.05) is 55.2 Å². The zero-order valence-electron chi connectivity index (χ0n) is 24.1. The van der Waals surface area contributed by atoms with Crippen molar-refractivity contribution < 1.29 is 39.5 Å². The topological polar surface area (TPSA) is 145 Å². The van der Waals surface area contributed by atoms with Crippen LogP contribution in [0.15, 0.2) is 54.1 Å². The fourth-order valence-corrected chi connectivity index (χ4v) is 5.34. The normalized spacial score (nSPS) is 15.4. The van der Waals surface area contributed by atoms with Gasteiger partial charge >= 0.3 is 11.9 Å². The van der Waals surface area contributed by atoms with E-state index >= 15 is 0 Å². The number of nitrogens with zero attached hydrogens (tertiary/aromatic N) is 1. The molecule has 9 heteroatoms. The van der Waals surface area contributed by atoms with E-state index in [2.05, 4.69) is 35.2 Å². The molecule has 224 valence electrons. The maximum absolute atomic E-state index is 11.6. The van der Waals surface area contributed by atoms with Crippen LogP contribution in [-0.4, -0.2) is 71.7 Å². The van der Waals surface area contributed by atoms with Crippen molar-refractivity contribution in [3.05, 3.63) is 70.8 Å². The van der Waals surface area contributed by atoms with Crippen LogP contribution in [0.4, 0.5) is 0 Å². The summed E-state index contributed by atoms with van der Waals surface area (Å²) in [6, 6.07) is 14.5. The lowest BCUT2D eigenvalue weighted by Gasteiger charge is -2.28. The van der Waals surface area contributed by atoms with Crippen molar-refractivity contribution in [1.29, 1.82) is 0 Å². The third-order valence-electron chi connectivity index (χ3n) is 7.53. The van der Waals surface area contributed by atoms with Gasteiger partial charge in [0.25, 0.3) is 0 Å². The van der Waals surface area contributed by atoms with E-state index in [0.717, 1.165) is 44.8 Å². The second-order valence-electron chi connectivity index (χ2n) is 10.4. The Kier molecular flexibility index (Phi) is 14.1. The summed E-state index contributed by atoms with van der Waals surface area (Å²) in [7, 11) is 1.61. The number of carboxylic acids is 2. The van der Waals surface area contributed by atoms with Gasteiger partial charge in [-0.3, -0.25) is 9.69 Å². The predicted molar refractivity (Wildman–Crippen MR) is 157 cm³/mol. The molecule has 2 aromatic rings. The first-order valence-corrected chi connectivity index (χ1v) is 14.0. The van der Waals surface area contributed by atoms with Gasteiger partial charge in [0.1, 0.15) is 0 Å². The standard InChI is InChI=1S/C30H39NO3.C2H2O4.H2O/c1-23(32)26-13-14-29(30(22-26)33-2)34-20-8-17-31-18-15-24(16-19-31)21-27-11-6-7-12-28(27)25-9-4-3-5-10-25;3-1(4)2(5)6;/h6-7,11-15,22,25H,3-5,8-10,16-21H2,1-2H3;(H,3,4)(H,5,6);1H2. The Morgan fingerprint density at radius 1 is 0.976 bits per heavy atom. The van der Waals surface area contributed by atoms with Gasteiger partial charge in [0.2, 0.25) is 0 Å². The highest BCUT2D eigenvalue weighted by atomic mass is 16.5. The Morgan fingerprint density at radius 2 is 1.68 bits per heavy atom. The molecule has 2 aromatic carbocycles. The molecule has 4 rings (SSSR count). The number of Topliss-reactive ketones (excluding diaryl/α,β-unsaturated/α-hetero) is 1. The number of ether oxygens (including phenoxy) is 2.